The molecule has 0 aliphatic heterocycles. The number of carboxylic acid groups (broad SMARTS) is 1. The third-order valence-corrected chi connectivity index (χ3v) is 0.175. The number of carbonyl (C=O) groups is 1. The molecule has 0 aromatic rings. The van der Waals surface area contributed by atoms with E-state index in [1.807, 2.05) is 0 Å². The maximum absolute atomic E-state index is 9.24. The zero-order chi connectivity index (χ0) is 6.28. The van der Waals surface area contributed by atoms with Gasteiger partial charge >= 0.3 is 33.7 Å². The van der Waals surface area contributed by atoms with Crippen molar-refractivity contribution < 1.29 is 28.1 Å². The normalized spacial score (nSPS) is 6.29. The molecule has 0 fully saturated rings. The van der Waals surface area contributed by atoms with E-state index in [1.54, 1.807) is 0 Å². The fraction of sp³-hybridized carbons (Fsp3) is 0.500. The van der Waals surface area contributed by atoms with Crippen LogP contribution in [0.3, 0.4) is 0 Å². The molecule has 0 saturated carbocycles. The van der Waals surface area contributed by atoms with Crippen molar-refractivity contribution in [2.45, 2.75) is 0 Å². The number of aliphatic carboxylic acids is 1. The number of nitrogens with two attached hydrogens (primary N) is 1. The third-order valence-electron chi connectivity index (χ3n) is 0.175. The van der Waals surface area contributed by atoms with E-state index >= 15 is 0 Å². The van der Waals surface area contributed by atoms with Crippen LogP contribution in [0, 0.1) is 0 Å². The molecule has 3 N–H and O–H groups in total. The SMILES string of the molecule is NCC(=O)O.[Cl][Pd]. The average Bonchev–Trinajstić information content (AvgIpc) is 1.73. The van der Waals surface area contributed by atoms with E-state index in [4.69, 9.17) is 5.11 Å². The van der Waals surface area contributed by atoms with Crippen LogP contribution in [-0.4, -0.2) is 17.6 Å². The van der Waals surface area contributed by atoms with Crippen molar-refractivity contribution >= 4 is 15.5 Å². The summed E-state index contributed by atoms with van der Waals surface area (Å²) in [5.41, 5.74) is 4.57. The van der Waals surface area contributed by atoms with Crippen LogP contribution in [0.25, 0.3) is 0 Å². The quantitative estimate of drug-likeness (QED) is 0.593. The zero-order valence-electron chi connectivity index (χ0n) is 3.33. The van der Waals surface area contributed by atoms with Crippen molar-refractivity contribution in [1.29, 1.82) is 0 Å². The van der Waals surface area contributed by atoms with Crippen LogP contribution < -0.4 is 5.73 Å². The molecule has 3 nitrogen and oxygen atoms in total. The second-order valence-corrected chi connectivity index (χ2v) is 0.598. The fourth-order valence-electron chi connectivity index (χ4n) is 0. The van der Waals surface area contributed by atoms with Crippen LogP contribution in [0.15, 0.2) is 0 Å². The van der Waals surface area contributed by atoms with E-state index in [9.17, 15) is 4.79 Å². The summed E-state index contributed by atoms with van der Waals surface area (Å²) in [6, 6.07) is 0. The fourth-order valence-corrected chi connectivity index (χ4v) is 0. The monoisotopic (exact) mass is 216 g/mol. The first kappa shape index (κ1) is 10.4. The Morgan fingerprint density at radius 3 is 2.00 bits per heavy atom. The topological polar surface area (TPSA) is 63.3 Å². The molecule has 0 spiro atoms. The summed E-state index contributed by atoms with van der Waals surface area (Å²) in [5.74, 6) is -0.968. The molecule has 0 unspecified atom stereocenters. The van der Waals surface area contributed by atoms with Gasteiger partial charge in [0.1, 0.15) is 0 Å². The molecule has 0 aromatic heterocycles. The molecule has 0 bridgehead atoms. The van der Waals surface area contributed by atoms with Gasteiger partial charge in [0.2, 0.25) is 0 Å². The summed E-state index contributed by atoms with van der Waals surface area (Å²) in [6.45, 7) is -0.278. The van der Waals surface area contributed by atoms with Gasteiger partial charge in [-0.1, -0.05) is 0 Å². The van der Waals surface area contributed by atoms with Crippen LogP contribution in [0.5, 0.6) is 0 Å². The predicted octanol–water partition coefficient (Wildman–Crippen LogP) is -0.283. The molecule has 0 heterocycles. The van der Waals surface area contributed by atoms with Crippen molar-refractivity contribution in [3.63, 3.8) is 0 Å². The van der Waals surface area contributed by atoms with Gasteiger partial charge in [0, 0.05) is 0 Å². The van der Waals surface area contributed by atoms with Crippen molar-refractivity contribution in [2.75, 3.05) is 6.54 Å². The summed E-state index contributed by atoms with van der Waals surface area (Å²) in [7, 11) is 4.49. The van der Waals surface area contributed by atoms with Crippen molar-refractivity contribution in [3.05, 3.63) is 0 Å². The van der Waals surface area contributed by atoms with Gasteiger partial charge in [-0.3, -0.25) is 4.79 Å². The van der Waals surface area contributed by atoms with E-state index in [0.717, 1.165) is 0 Å². The van der Waals surface area contributed by atoms with Crippen LogP contribution in [0.1, 0.15) is 0 Å². The Hall–Kier alpha value is 0.382. The molecule has 0 saturated heterocycles. The van der Waals surface area contributed by atoms with E-state index < -0.39 is 5.97 Å². The summed E-state index contributed by atoms with van der Waals surface area (Å²) < 4.78 is 0. The predicted molar refractivity (Wildman–Crippen MR) is 22.5 cm³/mol. The molecule has 0 aromatic carbocycles. The van der Waals surface area contributed by atoms with E-state index in [-0.39, 0.29) is 6.54 Å². The Morgan fingerprint density at radius 1 is 1.86 bits per heavy atom. The summed E-state index contributed by atoms with van der Waals surface area (Å²) in [5, 5.41) is 7.60. The number of rotatable bonds is 1. The molecular weight excluding hydrogens is 212 g/mol. The zero-order valence-corrected chi connectivity index (χ0v) is 5.64. The Morgan fingerprint density at radius 2 is 2.00 bits per heavy atom. The van der Waals surface area contributed by atoms with Gasteiger partial charge in [-0.25, -0.2) is 0 Å². The molecule has 0 amide bonds. The van der Waals surface area contributed by atoms with Gasteiger partial charge < -0.3 is 10.8 Å². The van der Waals surface area contributed by atoms with Crippen LogP contribution >= 0.6 is 9.53 Å². The molecule has 0 atom stereocenters. The Kier molecular flexibility index (Phi) is 14.3. The molecular formula is C2H5ClNO2Pd. The minimum atomic E-state index is -0.968. The molecule has 7 heavy (non-hydrogen) atoms. The van der Waals surface area contributed by atoms with E-state index in [2.05, 4.69) is 33.4 Å². The average molecular weight is 217 g/mol. The second kappa shape index (κ2) is 9.63. The Bertz CT molecular complexity index is 51.0. The minimum absolute atomic E-state index is 0.278. The van der Waals surface area contributed by atoms with E-state index in [0.29, 0.717) is 0 Å². The van der Waals surface area contributed by atoms with E-state index in [1.165, 1.54) is 0 Å². The number of hydrogen-bond donors (Lipinski definition) is 2. The van der Waals surface area contributed by atoms with Gasteiger partial charge in [-0.05, 0) is 0 Å². The third kappa shape index (κ3) is 21.6. The van der Waals surface area contributed by atoms with Gasteiger partial charge in [0.05, 0.1) is 6.54 Å². The summed E-state index contributed by atoms with van der Waals surface area (Å²) in [4.78, 5) is 9.24. The summed E-state index contributed by atoms with van der Waals surface area (Å²) in [6.07, 6.45) is 0. The maximum atomic E-state index is 9.24. The Labute approximate surface area is 56.2 Å². The first-order valence-corrected chi connectivity index (χ1v) is 3.31. The van der Waals surface area contributed by atoms with Crippen molar-refractivity contribution in [1.82, 2.24) is 0 Å². The summed E-state index contributed by atoms with van der Waals surface area (Å²) >= 11 is 2.22. The molecule has 47 valence electrons. The van der Waals surface area contributed by atoms with Gasteiger partial charge in [0.15, 0.2) is 0 Å². The first-order chi connectivity index (χ1) is 3.27. The van der Waals surface area contributed by atoms with Crippen LogP contribution in [0.2, 0.25) is 0 Å². The van der Waals surface area contributed by atoms with Crippen LogP contribution in [0.4, 0.5) is 0 Å². The Balaban J connectivity index is 0. The number of carboxylic acids is 1. The standard InChI is InChI=1S/C2H5NO2.ClH.Pd/c3-1-2(4)5;;/h1,3H2,(H,4,5);1H;/q;;+1/p-1. The molecule has 0 aliphatic rings. The van der Waals surface area contributed by atoms with Gasteiger partial charge in [-0.2, -0.15) is 0 Å². The number of hydrogen-bond acceptors (Lipinski definition) is 2. The number of halogens is 1. The molecule has 5 heteroatoms. The molecule has 0 rings (SSSR count). The molecule has 0 radical (unpaired) electrons. The van der Waals surface area contributed by atoms with Crippen molar-refractivity contribution in [2.24, 2.45) is 5.73 Å². The van der Waals surface area contributed by atoms with Crippen LogP contribution in [-0.2, 0) is 23.0 Å². The van der Waals surface area contributed by atoms with Gasteiger partial charge in [0.25, 0.3) is 0 Å². The molecule has 0 aliphatic carbocycles. The van der Waals surface area contributed by atoms with Crippen molar-refractivity contribution in [3.8, 4) is 0 Å². The van der Waals surface area contributed by atoms with Gasteiger partial charge in [-0.15, -0.1) is 0 Å². The second-order valence-electron chi connectivity index (χ2n) is 0.598. The first-order valence-electron chi connectivity index (χ1n) is 1.31.